The van der Waals surface area contributed by atoms with Crippen LogP contribution in [0.4, 0.5) is 0 Å². The van der Waals surface area contributed by atoms with Gasteiger partial charge in [-0.25, -0.2) is 9.97 Å². The molecular weight excluding hydrogens is 368 g/mol. The molecule has 28 heavy (non-hydrogen) atoms. The van der Waals surface area contributed by atoms with Crippen LogP contribution in [0.1, 0.15) is 52.9 Å². The van der Waals surface area contributed by atoms with Crippen LogP contribution >= 0.6 is 11.8 Å². The number of ether oxygens (including phenoxy) is 1. The van der Waals surface area contributed by atoms with Crippen molar-refractivity contribution in [1.29, 1.82) is 0 Å². The lowest BCUT2D eigenvalue weighted by Crippen LogP contribution is -2.55. The van der Waals surface area contributed by atoms with Crippen LogP contribution in [0.15, 0.2) is 30.6 Å². The van der Waals surface area contributed by atoms with Gasteiger partial charge in [-0.1, -0.05) is 38.6 Å². The van der Waals surface area contributed by atoms with Gasteiger partial charge in [0.1, 0.15) is 6.10 Å². The van der Waals surface area contributed by atoms with Crippen LogP contribution in [0.3, 0.4) is 0 Å². The minimum absolute atomic E-state index is 0.151. The Morgan fingerprint density at radius 2 is 1.96 bits per heavy atom. The monoisotopic (exact) mass is 398 g/mol. The van der Waals surface area contributed by atoms with E-state index in [0.717, 1.165) is 19.3 Å². The van der Waals surface area contributed by atoms with E-state index in [0.29, 0.717) is 40.3 Å². The molecule has 0 N–H and O–H groups in total. The molecule has 3 fully saturated rings. The molecule has 150 valence electrons. The molecule has 1 aromatic heterocycles. The van der Waals surface area contributed by atoms with Gasteiger partial charge in [-0.3, -0.25) is 4.79 Å². The van der Waals surface area contributed by atoms with Crippen molar-refractivity contribution in [2.75, 3.05) is 0 Å². The first-order chi connectivity index (χ1) is 13.4. The van der Waals surface area contributed by atoms with Gasteiger partial charge in [-0.05, 0) is 73.3 Å². The van der Waals surface area contributed by atoms with Gasteiger partial charge in [-0.15, -0.1) is 0 Å². The van der Waals surface area contributed by atoms with Gasteiger partial charge >= 0.3 is 6.01 Å². The Kier molecular flexibility index (Phi) is 4.38. The highest BCUT2D eigenvalue weighted by Crippen LogP contribution is 2.66. The second kappa shape index (κ2) is 6.58. The van der Waals surface area contributed by atoms with Gasteiger partial charge in [-0.2, -0.15) is 0 Å². The summed E-state index contributed by atoms with van der Waals surface area (Å²) in [5.41, 5.74) is 0.498. The van der Waals surface area contributed by atoms with E-state index in [1.807, 2.05) is 12.1 Å². The van der Waals surface area contributed by atoms with E-state index in [-0.39, 0.29) is 16.6 Å². The minimum atomic E-state index is 0.151. The van der Waals surface area contributed by atoms with Crippen molar-refractivity contribution in [2.45, 2.75) is 64.2 Å². The lowest BCUT2D eigenvalue weighted by Gasteiger charge is -2.59. The zero-order valence-electron chi connectivity index (χ0n) is 17.0. The van der Waals surface area contributed by atoms with E-state index in [2.05, 4.69) is 36.8 Å². The number of hydrogen-bond donors (Lipinski definition) is 0. The fourth-order valence-corrected chi connectivity index (χ4v) is 8.45. The number of nitrogens with zero attached hydrogens (tertiary/aromatic N) is 2. The van der Waals surface area contributed by atoms with E-state index < -0.39 is 0 Å². The third kappa shape index (κ3) is 2.84. The standard InChI is InChI=1S/C23H30N2O2S/c1-14-11-18-23(3,8-6-19(26)28-18)16-5-7-22(2)13-15(12-17(22)20(14)16)27-21-24-9-4-10-25-21/h4,6,8-10,14-18,20H,5,7,11-13H2,1-3H3/t14?,15?,16-,17+,18?,20-,22-,23-/m1/s1. The first kappa shape index (κ1) is 18.7. The zero-order valence-corrected chi connectivity index (χ0v) is 17.8. The number of carbonyl (C=O) groups is 1. The fourth-order valence-electron chi connectivity index (χ4n) is 7.11. The molecule has 3 unspecified atom stereocenters. The number of thioether (sulfide) groups is 1. The Balaban J connectivity index is 1.42. The summed E-state index contributed by atoms with van der Waals surface area (Å²) in [4.78, 5) is 20.6. The first-order valence-electron chi connectivity index (χ1n) is 10.7. The van der Waals surface area contributed by atoms with Crippen LogP contribution in [-0.2, 0) is 4.79 Å². The number of fused-ring (bicyclic) bond motifs is 5. The summed E-state index contributed by atoms with van der Waals surface area (Å²) in [5.74, 6) is 2.72. The molecule has 0 bridgehead atoms. The Morgan fingerprint density at radius 3 is 2.75 bits per heavy atom. The lowest BCUT2D eigenvalue weighted by atomic mass is 9.48. The maximum absolute atomic E-state index is 12.0. The van der Waals surface area contributed by atoms with Crippen LogP contribution in [-0.4, -0.2) is 26.4 Å². The lowest BCUT2D eigenvalue weighted by molar-refractivity contribution is -0.108. The molecule has 0 aromatic carbocycles. The summed E-state index contributed by atoms with van der Waals surface area (Å²) in [7, 11) is 0. The highest BCUT2D eigenvalue weighted by Gasteiger charge is 2.61. The Bertz CT molecular complexity index is 799. The summed E-state index contributed by atoms with van der Waals surface area (Å²) in [5, 5.41) is 0.683. The maximum Gasteiger partial charge on any atom is 0.316 e. The average molecular weight is 399 g/mol. The molecule has 4 nitrogen and oxygen atoms in total. The highest BCUT2D eigenvalue weighted by atomic mass is 32.2. The van der Waals surface area contributed by atoms with E-state index in [1.165, 1.54) is 12.8 Å². The second-order valence-electron chi connectivity index (χ2n) is 10.0. The molecule has 4 aliphatic rings. The summed E-state index contributed by atoms with van der Waals surface area (Å²) in [6.45, 7) is 7.33. The number of carbonyl (C=O) groups excluding carboxylic acids is 1. The molecule has 3 saturated carbocycles. The third-order valence-electron chi connectivity index (χ3n) is 8.45. The third-order valence-corrected chi connectivity index (χ3v) is 9.80. The minimum Gasteiger partial charge on any atom is -0.460 e. The summed E-state index contributed by atoms with van der Waals surface area (Å²) in [6, 6.07) is 2.34. The number of hydrogen-bond acceptors (Lipinski definition) is 5. The number of rotatable bonds is 2. The zero-order chi connectivity index (χ0) is 19.5. The first-order valence-corrected chi connectivity index (χ1v) is 11.6. The predicted octanol–water partition coefficient (Wildman–Crippen LogP) is 4.91. The van der Waals surface area contributed by atoms with Crippen LogP contribution < -0.4 is 4.74 Å². The Hall–Kier alpha value is -1.36. The number of allylic oxidation sites excluding steroid dienone is 1. The van der Waals surface area contributed by atoms with Crippen molar-refractivity contribution in [2.24, 2.45) is 34.5 Å². The summed E-state index contributed by atoms with van der Waals surface area (Å²) >= 11 is 1.59. The molecule has 1 aromatic rings. The molecule has 8 atom stereocenters. The largest absolute Gasteiger partial charge is 0.460 e. The van der Waals surface area contributed by atoms with Crippen LogP contribution in [0.2, 0.25) is 0 Å². The van der Waals surface area contributed by atoms with E-state index >= 15 is 0 Å². The summed E-state index contributed by atoms with van der Waals surface area (Å²) in [6.07, 6.45) is 13.7. The molecular formula is C23H30N2O2S. The Labute approximate surface area is 171 Å². The Morgan fingerprint density at radius 1 is 1.18 bits per heavy atom. The van der Waals surface area contributed by atoms with Crippen molar-refractivity contribution in [1.82, 2.24) is 9.97 Å². The van der Waals surface area contributed by atoms with Crippen LogP contribution in [0, 0.1) is 34.5 Å². The van der Waals surface area contributed by atoms with Crippen LogP contribution in [0.5, 0.6) is 6.01 Å². The highest BCUT2D eigenvalue weighted by molar-refractivity contribution is 8.14. The molecule has 3 aliphatic carbocycles. The molecule has 0 radical (unpaired) electrons. The van der Waals surface area contributed by atoms with Gasteiger partial charge in [0.15, 0.2) is 0 Å². The normalized spacial score (nSPS) is 47.2. The van der Waals surface area contributed by atoms with Gasteiger partial charge < -0.3 is 4.74 Å². The molecule has 0 amide bonds. The van der Waals surface area contributed by atoms with E-state index in [1.54, 1.807) is 24.2 Å². The van der Waals surface area contributed by atoms with Gasteiger partial charge in [0, 0.05) is 23.1 Å². The quantitative estimate of drug-likeness (QED) is 0.708. The van der Waals surface area contributed by atoms with Crippen molar-refractivity contribution >= 4 is 16.9 Å². The molecule has 0 saturated heterocycles. The predicted molar refractivity (Wildman–Crippen MR) is 111 cm³/mol. The smallest absolute Gasteiger partial charge is 0.316 e. The second-order valence-corrected chi connectivity index (χ2v) is 11.2. The molecule has 0 spiro atoms. The average Bonchev–Trinajstić information content (AvgIpc) is 3.00. The number of aromatic nitrogens is 2. The molecule has 2 heterocycles. The molecule has 1 aliphatic heterocycles. The van der Waals surface area contributed by atoms with E-state index in [9.17, 15) is 4.79 Å². The summed E-state index contributed by atoms with van der Waals surface area (Å²) < 4.78 is 6.21. The maximum atomic E-state index is 12.0. The SMILES string of the molecule is CC1CC2SC(=O)C=C[C@]2(C)[C@@H]2CC[C@]3(C)CC(Oc4ncccn4)C[C@H]3[C@H]12. The molecule has 5 rings (SSSR count). The topological polar surface area (TPSA) is 52.1 Å². The fraction of sp³-hybridized carbons (Fsp3) is 0.696. The van der Waals surface area contributed by atoms with Crippen molar-refractivity contribution in [3.63, 3.8) is 0 Å². The van der Waals surface area contributed by atoms with Crippen molar-refractivity contribution in [3.8, 4) is 6.01 Å². The van der Waals surface area contributed by atoms with Crippen LogP contribution in [0.25, 0.3) is 0 Å². The molecule has 5 heteroatoms. The van der Waals surface area contributed by atoms with Gasteiger partial charge in [0.2, 0.25) is 5.12 Å². The van der Waals surface area contributed by atoms with Gasteiger partial charge in [0.05, 0.1) is 0 Å². The van der Waals surface area contributed by atoms with Crippen molar-refractivity contribution in [3.05, 3.63) is 30.6 Å². The van der Waals surface area contributed by atoms with E-state index in [4.69, 9.17) is 4.74 Å². The van der Waals surface area contributed by atoms with Crippen molar-refractivity contribution < 1.29 is 9.53 Å². The van der Waals surface area contributed by atoms with Gasteiger partial charge in [0.25, 0.3) is 0 Å².